The zero-order chi connectivity index (χ0) is 28.4. The van der Waals surface area contributed by atoms with Crippen LogP contribution in [0, 0.1) is 0 Å². The normalized spacial score (nSPS) is 17.8. The van der Waals surface area contributed by atoms with E-state index in [4.69, 9.17) is 4.74 Å². The number of benzene rings is 3. The maximum atomic E-state index is 14.4. The number of hydrogen-bond acceptors (Lipinski definition) is 6. The largest absolute Gasteiger partial charge is 0.383 e. The highest BCUT2D eigenvalue weighted by Crippen LogP contribution is 2.40. The molecule has 0 unspecified atom stereocenters. The zero-order valence-electron chi connectivity index (χ0n) is 22.2. The van der Waals surface area contributed by atoms with E-state index in [-0.39, 0.29) is 29.7 Å². The molecular weight excluding hydrogens is 532 g/mol. The second kappa shape index (κ2) is 11.1. The van der Waals surface area contributed by atoms with Crippen LogP contribution < -0.4 is 19.8 Å². The smallest absolute Gasteiger partial charge is 0.265 e. The first-order valence-electron chi connectivity index (χ1n) is 12.9. The van der Waals surface area contributed by atoms with E-state index in [1.807, 2.05) is 12.1 Å². The van der Waals surface area contributed by atoms with Crippen LogP contribution in [0.25, 0.3) is 0 Å². The van der Waals surface area contributed by atoms with Gasteiger partial charge in [-0.3, -0.25) is 23.6 Å². The Morgan fingerprint density at radius 3 is 2.12 bits per heavy atom. The maximum Gasteiger partial charge on any atom is 0.265 e. The topological polar surface area (TPSA) is 125 Å². The van der Waals surface area contributed by atoms with E-state index in [9.17, 15) is 22.8 Å². The van der Waals surface area contributed by atoms with E-state index in [2.05, 4.69) is 10.6 Å². The molecule has 3 amide bonds. The highest BCUT2D eigenvalue weighted by molar-refractivity contribution is 7.93. The molecule has 10 nitrogen and oxygen atoms in total. The Kier molecular flexibility index (Phi) is 7.59. The van der Waals surface area contributed by atoms with Gasteiger partial charge in [-0.25, -0.2) is 8.42 Å². The molecule has 0 saturated carbocycles. The van der Waals surface area contributed by atoms with Crippen molar-refractivity contribution < 1.29 is 27.5 Å². The van der Waals surface area contributed by atoms with Gasteiger partial charge >= 0.3 is 0 Å². The first kappa shape index (κ1) is 27.4. The molecule has 3 aromatic rings. The fraction of sp³-hybridized carbons (Fsp3) is 0.276. The number of rotatable bonds is 8. The lowest BCUT2D eigenvalue weighted by atomic mass is 10.1. The van der Waals surface area contributed by atoms with Gasteiger partial charge in [0.05, 0.1) is 17.2 Å². The summed E-state index contributed by atoms with van der Waals surface area (Å²) in [6, 6.07) is 18.2. The summed E-state index contributed by atoms with van der Waals surface area (Å²) in [7, 11) is -2.66. The number of carbonyl (C=O) groups is 3. The van der Waals surface area contributed by atoms with Crippen LogP contribution in [0.1, 0.15) is 18.1 Å². The van der Waals surface area contributed by atoms with Crippen molar-refractivity contribution in [3.63, 3.8) is 0 Å². The summed E-state index contributed by atoms with van der Waals surface area (Å²) in [5.41, 5.74) is 3.01. The quantitative estimate of drug-likeness (QED) is 0.407. The van der Waals surface area contributed by atoms with Crippen LogP contribution in [0.4, 0.5) is 17.1 Å². The molecule has 2 aliphatic rings. The minimum atomic E-state index is -4.20. The van der Waals surface area contributed by atoms with Crippen molar-refractivity contribution >= 4 is 44.8 Å². The number of methoxy groups -OCH3 is 1. The lowest BCUT2D eigenvalue weighted by Crippen LogP contribution is -2.55. The lowest BCUT2D eigenvalue weighted by molar-refractivity contribution is -0.126. The highest BCUT2D eigenvalue weighted by atomic mass is 32.2. The molecule has 0 saturated heterocycles. The number of anilines is 3. The third kappa shape index (κ3) is 5.05. The van der Waals surface area contributed by atoms with Gasteiger partial charge in [-0.05, 0) is 47.5 Å². The van der Waals surface area contributed by atoms with Gasteiger partial charge in [0.15, 0.2) is 0 Å². The Hall–Kier alpha value is -4.22. The molecule has 208 valence electrons. The van der Waals surface area contributed by atoms with E-state index < -0.39 is 28.0 Å². The lowest BCUT2D eigenvalue weighted by Gasteiger charge is -2.32. The molecule has 0 bridgehead atoms. The van der Waals surface area contributed by atoms with Crippen LogP contribution >= 0.6 is 0 Å². The predicted molar refractivity (Wildman–Crippen MR) is 151 cm³/mol. The molecular formula is C29H30N4O6S. The molecule has 0 radical (unpaired) electrons. The van der Waals surface area contributed by atoms with E-state index in [0.29, 0.717) is 35.7 Å². The molecule has 11 heteroatoms. The molecule has 2 aliphatic heterocycles. The molecule has 2 atom stereocenters. The van der Waals surface area contributed by atoms with Crippen molar-refractivity contribution in [2.45, 2.75) is 36.7 Å². The second-order valence-corrected chi connectivity index (χ2v) is 11.5. The third-order valence-corrected chi connectivity index (χ3v) is 8.90. The van der Waals surface area contributed by atoms with Crippen LogP contribution in [-0.4, -0.2) is 58.5 Å². The molecule has 5 rings (SSSR count). The van der Waals surface area contributed by atoms with Gasteiger partial charge < -0.3 is 15.4 Å². The van der Waals surface area contributed by atoms with Crippen LogP contribution in [0.2, 0.25) is 0 Å². The van der Waals surface area contributed by atoms with Crippen molar-refractivity contribution in [3.8, 4) is 0 Å². The molecule has 2 N–H and O–H groups in total. The highest BCUT2D eigenvalue weighted by Gasteiger charge is 2.48. The fourth-order valence-corrected chi connectivity index (χ4v) is 6.94. The minimum Gasteiger partial charge on any atom is -0.383 e. The van der Waals surface area contributed by atoms with Crippen LogP contribution in [-0.2, 0) is 42.0 Å². The molecule has 2 heterocycles. The van der Waals surface area contributed by atoms with Crippen LogP contribution in [0.15, 0.2) is 77.7 Å². The van der Waals surface area contributed by atoms with Gasteiger partial charge in [-0.2, -0.15) is 0 Å². The van der Waals surface area contributed by atoms with Crippen molar-refractivity contribution in [1.29, 1.82) is 0 Å². The number of ether oxygens (including phenoxy) is 1. The molecule has 40 heavy (non-hydrogen) atoms. The maximum absolute atomic E-state index is 14.4. The van der Waals surface area contributed by atoms with Gasteiger partial charge in [-0.1, -0.05) is 36.4 Å². The van der Waals surface area contributed by atoms with Gasteiger partial charge in [0.25, 0.3) is 15.9 Å². The fourth-order valence-electron chi connectivity index (χ4n) is 5.29. The molecule has 0 aromatic heterocycles. The number of hydrogen-bond donors (Lipinski definition) is 2. The Labute approximate surface area is 233 Å². The van der Waals surface area contributed by atoms with E-state index >= 15 is 0 Å². The Morgan fingerprint density at radius 2 is 1.48 bits per heavy atom. The number of nitrogens with one attached hydrogen (secondary N) is 2. The molecule has 0 fully saturated rings. The van der Waals surface area contributed by atoms with E-state index in [1.165, 1.54) is 47.5 Å². The van der Waals surface area contributed by atoms with Crippen LogP contribution in [0.3, 0.4) is 0 Å². The summed E-state index contributed by atoms with van der Waals surface area (Å²) in [6.07, 6.45) is 0.479. The Morgan fingerprint density at radius 1 is 0.875 bits per heavy atom. The number of fused-ring (bicyclic) bond motifs is 2. The average Bonchev–Trinajstić information content (AvgIpc) is 3.52. The average molecular weight is 563 g/mol. The minimum absolute atomic E-state index is 0.0215. The summed E-state index contributed by atoms with van der Waals surface area (Å²) < 4.78 is 34.3. The Bertz CT molecular complexity index is 1560. The number of amides is 3. The van der Waals surface area contributed by atoms with Crippen molar-refractivity contribution in [2.24, 2.45) is 0 Å². The van der Waals surface area contributed by atoms with Gasteiger partial charge in [-0.15, -0.1) is 0 Å². The van der Waals surface area contributed by atoms with E-state index in [0.717, 1.165) is 5.56 Å². The first-order valence-corrected chi connectivity index (χ1v) is 14.3. The van der Waals surface area contributed by atoms with Crippen molar-refractivity contribution in [2.75, 3.05) is 34.8 Å². The number of para-hydroxylation sites is 2. The molecule has 3 aromatic carbocycles. The standard InChI is InChI=1S/C29H30N4O6S/c1-19(34)31-22-11-13-23(14-12-22)40(37,38)33-25-10-6-4-8-21(25)18-27(33)29(36)32-24-9-5-3-7-20(24)17-26(32)28(35)30-15-16-39-2/h3-14,26-27H,15-18H2,1-2H3,(H,30,35)(H,31,34)/t26-,27+/m1/s1. The monoisotopic (exact) mass is 562 g/mol. The number of sulfonamides is 1. The first-order chi connectivity index (χ1) is 19.2. The summed E-state index contributed by atoms with van der Waals surface area (Å²) >= 11 is 0. The van der Waals surface area contributed by atoms with E-state index in [1.54, 1.807) is 36.4 Å². The van der Waals surface area contributed by atoms with Gasteiger partial charge in [0.1, 0.15) is 12.1 Å². The second-order valence-electron chi connectivity index (χ2n) is 9.70. The third-order valence-electron chi connectivity index (χ3n) is 7.06. The number of carbonyl (C=O) groups excluding carboxylic acids is 3. The van der Waals surface area contributed by atoms with Gasteiger partial charge in [0.2, 0.25) is 11.8 Å². The number of nitrogens with zero attached hydrogens (tertiary/aromatic N) is 2. The van der Waals surface area contributed by atoms with Crippen molar-refractivity contribution in [3.05, 3.63) is 83.9 Å². The Balaban J connectivity index is 1.53. The van der Waals surface area contributed by atoms with Gasteiger partial charge in [0, 0.05) is 44.8 Å². The zero-order valence-corrected chi connectivity index (χ0v) is 23.0. The summed E-state index contributed by atoms with van der Waals surface area (Å²) in [6.45, 7) is 1.97. The summed E-state index contributed by atoms with van der Waals surface area (Å²) in [4.78, 5) is 40.4. The SMILES string of the molecule is COCCNC(=O)[C@H]1Cc2ccccc2N1C(=O)[C@@H]1Cc2ccccc2N1S(=O)(=O)c1ccc(NC(C)=O)cc1. The molecule has 0 spiro atoms. The molecule has 0 aliphatic carbocycles. The summed E-state index contributed by atoms with van der Waals surface area (Å²) in [5, 5.41) is 5.44. The van der Waals surface area contributed by atoms with Crippen LogP contribution in [0.5, 0.6) is 0 Å². The van der Waals surface area contributed by atoms with Crippen molar-refractivity contribution in [1.82, 2.24) is 5.32 Å². The predicted octanol–water partition coefficient (Wildman–Crippen LogP) is 2.49. The summed E-state index contributed by atoms with van der Waals surface area (Å²) in [5.74, 6) is -1.09.